The molecule has 12 N–H and O–H groups in total. The van der Waals surface area contributed by atoms with Gasteiger partial charge in [0.15, 0.2) is 0 Å². The molecule has 0 amide bonds. The van der Waals surface area contributed by atoms with E-state index in [4.69, 9.17) is 0 Å². The summed E-state index contributed by atoms with van der Waals surface area (Å²) < 4.78 is 0. The van der Waals surface area contributed by atoms with Gasteiger partial charge in [-0.05, 0) is 0 Å². The topological polar surface area (TPSA) is 201 Å². The van der Waals surface area contributed by atoms with Crippen molar-refractivity contribution in [3.05, 3.63) is 36.9 Å². The van der Waals surface area contributed by atoms with Gasteiger partial charge in [0.25, 0.3) is 0 Å². The van der Waals surface area contributed by atoms with Crippen molar-refractivity contribution in [2.75, 3.05) is 0 Å². The predicted octanol–water partition coefficient (Wildman–Crippen LogP) is -1.69. The molecule has 6 nitrogen and oxygen atoms in total. The molecule has 0 rings (SSSR count). The molecule has 0 aliphatic heterocycles. The standard InChI is InChI=1S/2ClH.Fe.6H2N/h2*1H;;6*1H2/q;;+2;6*-1/p-2. The van der Waals surface area contributed by atoms with Crippen LogP contribution in [0.1, 0.15) is 0 Å². The summed E-state index contributed by atoms with van der Waals surface area (Å²) in [7, 11) is 0. The molecule has 70 valence electrons. The quantitative estimate of drug-likeness (QED) is 0.421. The first-order valence-corrected chi connectivity index (χ1v) is 0. The Morgan fingerprint density at radius 2 is 0.333 bits per heavy atom. The van der Waals surface area contributed by atoms with E-state index in [0.29, 0.717) is 0 Å². The first-order chi connectivity index (χ1) is 0. The van der Waals surface area contributed by atoms with Crippen molar-refractivity contribution in [1.82, 2.24) is 0 Å². The van der Waals surface area contributed by atoms with Gasteiger partial charge in [-0.3, -0.25) is 0 Å². The van der Waals surface area contributed by atoms with Crippen molar-refractivity contribution in [3.63, 3.8) is 0 Å². The minimum atomic E-state index is 0. The van der Waals surface area contributed by atoms with Crippen molar-refractivity contribution in [3.8, 4) is 0 Å². The predicted molar refractivity (Wildman–Crippen MR) is 31.7 cm³/mol. The van der Waals surface area contributed by atoms with E-state index in [2.05, 4.69) is 0 Å². The van der Waals surface area contributed by atoms with Gasteiger partial charge in [-0.2, -0.15) is 0 Å². The molecule has 0 saturated heterocycles. The van der Waals surface area contributed by atoms with Crippen molar-refractivity contribution in [2.45, 2.75) is 0 Å². The van der Waals surface area contributed by atoms with Gasteiger partial charge >= 0.3 is 17.1 Å². The van der Waals surface area contributed by atoms with Crippen LogP contribution < -0.4 is 24.8 Å². The summed E-state index contributed by atoms with van der Waals surface area (Å²) in [5, 5.41) is 0. The monoisotopic (exact) mass is 222 g/mol. The van der Waals surface area contributed by atoms with Crippen LogP contribution in [0.2, 0.25) is 0 Å². The molecule has 0 aliphatic carbocycles. The summed E-state index contributed by atoms with van der Waals surface area (Å²) in [6.07, 6.45) is 0. The second-order valence-corrected chi connectivity index (χ2v) is 0. The molecule has 0 fully saturated rings. The molecule has 9 heavy (non-hydrogen) atoms. The van der Waals surface area contributed by atoms with Gasteiger partial charge in [-0.25, -0.2) is 0 Å². The van der Waals surface area contributed by atoms with Gasteiger partial charge in [0, 0.05) is 0 Å². The number of halogens is 2. The summed E-state index contributed by atoms with van der Waals surface area (Å²) in [6.45, 7) is 0. The molecular formula is H12Cl2FeN6-6. The molecule has 0 atom stereocenters. The summed E-state index contributed by atoms with van der Waals surface area (Å²) in [5.41, 5.74) is 0. The minimum Gasteiger partial charge on any atom is -1.00 e. The Balaban J connectivity index is 0. The molecule has 0 aromatic carbocycles. The average molecular weight is 223 g/mol. The third-order valence-electron chi connectivity index (χ3n) is 0. The Hall–Kier alpha value is 0.859. The van der Waals surface area contributed by atoms with Crippen LogP contribution in [0.15, 0.2) is 0 Å². The second-order valence-electron chi connectivity index (χ2n) is 0. The fourth-order valence-electron chi connectivity index (χ4n) is 0. The SMILES string of the molecule is [Cl-].[Cl-].[Fe+2].[NH2-].[NH2-].[NH2-].[NH2-].[NH2-].[NH2-]. The maximum Gasteiger partial charge on any atom is 2.00 e. The summed E-state index contributed by atoms with van der Waals surface area (Å²) in [6, 6.07) is 0. The maximum absolute atomic E-state index is 0. The molecule has 9 heteroatoms. The van der Waals surface area contributed by atoms with E-state index in [-0.39, 0.29) is 78.8 Å². The minimum absolute atomic E-state index is 0. The largest absolute Gasteiger partial charge is 2.00 e. The normalized spacial score (nSPS) is 0. The second kappa shape index (κ2) is 741. The van der Waals surface area contributed by atoms with Crippen molar-refractivity contribution in [1.29, 1.82) is 0 Å². The van der Waals surface area contributed by atoms with Crippen molar-refractivity contribution < 1.29 is 41.9 Å². The average Bonchev–Trinajstić information content (AvgIpc) is 0. The number of hydrogen-bond acceptors (Lipinski definition) is 0. The van der Waals surface area contributed by atoms with Gasteiger partial charge in [-0.1, -0.05) is 0 Å². The van der Waals surface area contributed by atoms with E-state index in [1.54, 1.807) is 0 Å². The van der Waals surface area contributed by atoms with E-state index in [9.17, 15) is 0 Å². The fraction of sp³-hybridized carbons (Fsp3) is 0. The number of rotatable bonds is 0. The molecule has 0 heterocycles. The van der Waals surface area contributed by atoms with Gasteiger partial charge in [0.2, 0.25) is 0 Å². The molecule has 0 bridgehead atoms. The van der Waals surface area contributed by atoms with Gasteiger partial charge in [0.05, 0.1) is 0 Å². The van der Waals surface area contributed by atoms with Gasteiger partial charge in [0.1, 0.15) is 0 Å². The Morgan fingerprint density at radius 3 is 0.333 bits per heavy atom. The molecule has 0 aromatic heterocycles. The fourth-order valence-corrected chi connectivity index (χ4v) is 0. The third kappa shape index (κ3) is 564. The Morgan fingerprint density at radius 1 is 0.333 bits per heavy atom. The zero-order valence-corrected chi connectivity index (χ0v) is 7.19. The molecule has 0 radical (unpaired) electrons. The van der Waals surface area contributed by atoms with Crippen LogP contribution in [0.5, 0.6) is 0 Å². The van der Waals surface area contributed by atoms with Crippen LogP contribution in [0.25, 0.3) is 36.9 Å². The van der Waals surface area contributed by atoms with Crippen LogP contribution in [-0.4, -0.2) is 0 Å². The molecule has 0 aromatic rings. The smallest absolute Gasteiger partial charge is 1.00 e. The van der Waals surface area contributed by atoms with Crippen molar-refractivity contribution >= 4 is 0 Å². The zero-order chi connectivity index (χ0) is 0. The van der Waals surface area contributed by atoms with Crippen LogP contribution in [0.3, 0.4) is 0 Å². The van der Waals surface area contributed by atoms with E-state index >= 15 is 0 Å². The third-order valence-corrected chi connectivity index (χ3v) is 0. The molecule has 0 saturated carbocycles. The van der Waals surface area contributed by atoms with Crippen LogP contribution in [0.4, 0.5) is 0 Å². The zero-order valence-electron chi connectivity index (χ0n) is 4.57. The summed E-state index contributed by atoms with van der Waals surface area (Å²) in [5.74, 6) is 0. The Kier molecular flexibility index (Phi) is 86200. The number of hydrogen-bond donors (Lipinski definition) is 0. The maximum atomic E-state index is 0. The van der Waals surface area contributed by atoms with Crippen molar-refractivity contribution in [2.24, 2.45) is 0 Å². The van der Waals surface area contributed by atoms with E-state index in [0.717, 1.165) is 0 Å². The van der Waals surface area contributed by atoms with Crippen LogP contribution in [0, 0.1) is 0 Å². The molecular weight excluding hydrogens is 211 g/mol. The van der Waals surface area contributed by atoms with E-state index in [1.807, 2.05) is 0 Å². The first kappa shape index (κ1) is 1050. The first-order valence-electron chi connectivity index (χ1n) is 0. The molecule has 0 aliphatic rings. The molecule has 0 unspecified atom stereocenters. The van der Waals surface area contributed by atoms with Crippen LogP contribution >= 0.6 is 0 Å². The number of nitrogens with two attached hydrogens (primary N) is 6. The van der Waals surface area contributed by atoms with E-state index in [1.165, 1.54) is 0 Å². The molecule has 0 spiro atoms. The van der Waals surface area contributed by atoms with Gasteiger partial charge in [-0.15, -0.1) is 0 Å². The van der Waals surface area contributed by atoms with E-state index < -0.39 is 0 Å². The summed E-state index contributed by atoms with van der Waals surface area (Å²) in [4.78, 5) is 0. The Bertz CT molecular complexity index is 11.0. The summed E-state index contributed by atoms with van der Waals surface area (Å²) >= 11 is 0. The van der Waals surface area contributed by atoms with Gasteiger partial charge < -0.3 is 61.7 Å². The Labute approximate surface area is 79.1 Å². The van der Waals surface area contributed by atoms with Crippen LogP contribution in [-0.2, 0) is 17.1 Å².